The number of allylic oxidation sites excluding steroid dienone is 2. The van der Waals surface area contributed by atoms with Gasteiger partial charge in [0.15, 0.2) is 0 Å². The Hall–Kier alpha value is 0.01000. The fourth-order valence-corrected chi connectivity index (χ4v) is 1.12. The molecule has 1 rings (SSSR count). The Morgan fingerprint density at radius 1 is 1.33 bits per heavy atom. The molecule has 34 valence electrons. The van der Waals surface area contributed by atoms with E-state index >= 15 is 0 Å². The van der Waals surface area contributed by atoms with Gasteiger partial charge in [-0.2, -0.15) is 0 Å². The first-order valence-corrected chi connectivity index (χ1v) is 3.73. The SMILES string of the molecule is C1=CO[I-]C=C1. The zero-order valence-electron chi connectivity index (χ0n) is 3.10. The van der Waals surface area contributed by atoms with Crippen LogP contribution in [0.5, 0.6) is 0 Å². The first kappa shape index (κ1) is 4.18. The third-order valence-electron chi connectivity index (χ3n) is 0.417. The molecule has 0 unspecified atom stereocenters. The Labute approximate surface area is 47.5 Å². The van der Waals surface area contributed by atoms with E-state index in [0.29, 0.717) is 0 Å². The summed E-state index contributed by atoms with van der Waals surface area (Å²) in [5.74, 6) is 0. The molecule has 0 amide bonds. The quantitative estimate of drug-likeness (QED) is 0.408. The molecule has 0 spiro atoms. The molecule has 0 radical (unpaired) electrons. The van der Waals surface area contributed by atoms with Crippen LogP contribution in [-0.2, 0) is 3.07 Å². The van der Waals surface area contributed by atoms with Crippen LogP contribution in [0.4, 0.5) is 0 Å². The van der Waals surface area contributed by atoms with E-state index in [4.69, 9.17) is 3.07 Å². The third kappa shape index (κ3) is 1.01. The minimum absolute atomic E-state index is 0.0526. The van der Waals surface area contributed by atoms with Gasteiger partial charge >= 0.3 is 47.2 Å². The van der Waals surface area contributed by atoms with Crippen molar-refractivity contribution < 1.29 is 24.7 Å². The van der Waals surface area contributed by atoms with E-state index in [2.05, 4.69) is 4.08 Å². The van der Waals surface area contributed by atoms with Crippen molar-refractivity contribution in [2.75, 3.05) is 0 Å². The van der Waals surface area contributed by atoms with E-state index in [1.54, 1.807) is 6.26 Å². The summed E-state index contributed by atoms with van der Waals surface area (Å²) in [6.45, 7) is 0. The van der Waals surface area contributed by atoms with Gasteiger partial charge in [0.1, 0.15) is 0 Å². The Morgan fingerprint density at radius 3 is 2.50 bits per heavy atom. The minimum atomic E-state index is -0.0526. The van der Waals surface area contributed by atoms with Crippen molar-refractivity contribution >= 4 is 0 Å². The van der Waals surface area contributed by atoms with Crippen LogP contribution >= 0.6 is 0 Å². The molecule has 1 aliphatic heterocycles. The second-order valence-corrected chi connectivity index (χ2v) is 2.56. The van der Waals surface area contributed by atoms with Crippen molar-refractivity contribution in [2.24, 2.45) is 0 Å². The summed E-state index contributed by atoms with van der Waals surface area (Å²) in [6, 6.07) is 0. The summed E-state index contributed by atoms with van der Waals surface area (Å²) in [5, 5.41) is 0. The van der Waals surface area contributed by atoms with Gasteiger partial charge in [-0.1, -0.05) is 0 Å². The van der Waals surface area contributed by atoms with E-state index in [1.807, 2.05) is 12.2 Å². The summed E-state index contributed by atoms with van der Waals surface area (Å²) in [4.78, 5) is 0. The van der Waals surface area contributed by atoms with Gasteiger partial charge in [-0.05, 0) is 0 Å². The molecular formula is C4H4IO-. The molecule has 0 N–H and O–H groups in total. The van der Waals surface area contributed by atoms with Crippen LogP contribution in [0.3, 0.4) is 0 Å². The molecule has 0 atom stereocenters. The molecule has 6 heavy (non-hydrogen) atoms. The fraction of sp³-hybridized carbons (Fsp3) is 0. The number of hydrogen-bond acceptors (Lipinski definition) is 1. The van der Waals surface area contributed by atoms with Crippen LogP contribution in [0.25, 0.3) is 0 Å². The third-order valence-corrected chi connectivity index (χ3v) is 1.71. The first-order valence-electron chi connectivity index (χ1n) is 1.61. The molecule has 0 fully saturated rings. The maximum atomic E-state index is 4.91. The number of hydrogen-bond donors (Lipinski definition) is 0. The normalized spacial score (nSPS) is 18.7. The molecule has 0 aromatic heterocycles. The zero-order chi connectivity index (χ0) is 4.24. The van der Waals surface area contributed by atoms with Crippen molar-refractivity contribution in [2.45, 2.75) is 0 Å². The van der Waals surface area contributed by atoms with Gasteiger partial charge in [0.2, 0.25) is 0 Å². The van der Waals surface area contributed by atoms with Crippen LogP contribution in [0.1, 0.15) is 0 Å². The second kappa shape index (κ2) is 2.23. The Bertz CT molecular complexity index is 73.5. The van der Waals surface area contributed by atoms with Crippen molar-refractivity contribution in [1.82, 2.24) is 0 Å². The van der Waals surface area contributed by atoms with Gasteiger partial charge in [-0.15, -0.1) is 0 Å². The topological polar surface area (TPSA) is 9.23 Å². The molecule has 0 aliphatic carbocycles. The molecule has 0 aromatic rings. The summed E-state index contributed by atoms with van der Waals surface area (Å²) in [7, 11) is 0. The summed E-state index contributed by atoms with van der Waals surface area (Å²) in [6.07, 6.45) is 5.63. The van der Waals surface area contributed by atoms with E-state index in [-0.39, 0.29) is 21.6 Å². The molecule has 2 heteroatoms. The predicted molar refractivity (Wildman–Crippen MR) is 19.4 cm³/mol. The first-order chi connectivity index (χ1) is 3.00. The summed E-state index contributed by atoms with van der Waals surface area (Å²) >= 11 is -0.0526. The molecule has 1 aliphatic rings. The Morgan fingerprint density at radius 2 is 2.33 bits per heavy atom. The Kier molecular flexibility index (Phi) is 1.55. The summed E-state index contributed by atoms with van der Waals surface area (Å²) in [5.41, 5.74) is 0. The molecule has 1 nitrogen and oxygen atoms in total. The zero-order valence-corrected chi connectivity index (χ0v) is 5.25. The molecule has 0 bridgehead atoms. The van der Waals surface area contributed by atoms with Crippen LogP contribution < -0.4 is 21.6 Å². The van der Waals surface area contributed by atoms with E-state index in [0.717, 1.165) is 0 Å². The van der Waals surface area contributed by atoms with Gasteiger partial charge < -0.3 is 0 Å². The van der Waals surface area contributed by atoms with Crippen molar-refractivity contribution in [3.63, 3.8) is 0 Å². The van der Waals surface area contributed by atoms with Gasteiger partial charge in [0.25, 0.3) is 0 Å². The predicted octanol–water partition coefficient (Wildman–Crippen LogP) is -1.95. The average molecular weight is 195 g/mol. The molecule has 0 saturated heterocycles. The molecule has 0 saturated carbocycles. The van der Waals surface area contributed by atoms with Crippen molar-refractivity contribution in [3.05, 3.63) is 22.5 Å². The van der Waals surface area contributed by atoms with Crippen LogP contribution in [0, 0.1) is 0 Å². The standard InChI is InChI=1S/C4H4IO/c1-2-4-6-5-3-1/h1-4H/q-1. The van der Waals surface area contributed by atoms with Gasteiger partial charge in [-0.25, -0.2) is 0 Å². The number of rotatable bonds is 0. The second-order valence-electron chi connectivity index (χ2n) is 0.825. The van der Waals surface area contributed by atoms with E-state index in [9.17, 15) is 0 Å². The van der Waals surface area contributed by atoms with Crippen molar-refractivity contribution in [1.29, 1.82) is 0 Å². The van der Waals surface area contributed by atoms with E-state index < -0.39 is 0 Å². The van der Waals surface area contributed by atoms with Crippen LogP contribution in [-0.4, -0.2) is 0 Å². The molecule has 0 aromatic carbocycles. The van der Waals surface area contributed by atoms with Crippen molar-refractivity contribution in [3.8, 4) is 0 Å². The Balaban J connectivity index is 2.46. The fourth-order valence-electron chi connectivity index (χ4n) is 0.206. The van der Waals surface area contributed by atoms with Gasteiger partial charge in [-0.3, -0.25) is 0 Å². The average Bonchev–Trinajstić information content (AvgIpc) is 1.72. The van der Waals surface area contributed by atoms with Gasteiger partial charge in [0, 0.05) is 0 Å². The molecule has 1 heterocycles. The van der Waals surface area contributed by atoms with Crippen LogP contribution in [0.2, 0.25) is 0 Å². The maximum absolute atomic E-state index is 4.91. The molecular weight excluding hydrogens is 191 g/mol. The van der Waals surface area contributed by atoms with Crippen LogP contribution in [0.15, 0.2) is 22.5 Å². The summed E-state index contributed by atoms with van der Waals surface area (Å²) < 4.78 is 6.98. The van der Waals surface area contributed by atoms with E-state index in [1.165, 1.54) is 0 Å². The monoisotopic (exact) mass is 195 g/mol. The van der Waals surface area contributed by atoms with Gasteiger partial charge in [0.05, 0.1) is 0 Å². The number of halogens is 1.